The second kappa shape index (κ2) is 7.46. The van der Waals surface area contributed by atoms with Crippen molar-refractivity contribution in [3.05, 3.63) is 41.6 Å². The van der Waals surface area contributed by atoms with E-state index >= 15 is 0 Å². The molecule has 2 heterocycles. The molecule has 0 atom stereocenters. The van der Waals surface area contributed by atoms with Gasteiger partial charge in [0, 0.05) is 44.6 Å². The molecule has 0 radical (unpaired) electrons. The molecule has 1 aromatic carbocycles. The minimum atomic E-state index is -4.56. The van der Waals surface area contributed by atoms with Crippen LogP contribution in [0, 0.1) is 0 Å². The molecule has 1 saturated heterocycles. The quantitative estimate of drug-likeness (QED) is 0.867. The number of anilines is 3. The van der Waals surface area contributed by atoms with Crippen LogP contribution < -0.4 is 11.1 Å². The van der Waals surface area contributed by atoms with E-state index in [2.05, 4.69) is 32.1 Å². The summed E-state index contributed by atoms with van der Waals surface area (Å²) in [5.74, 6) is -0.566. The largest absolute Gasteiger partial charge is 0.421 e. The van der Waals surface area contributed by atoms with Gasteiger partial charge in [-0.3, -0.25) is 4.90 Å². The third-order valence-corrected chi connectivity index (χ3v) is 4.34. The number of halogens is 3. The van der Waals surface area contributed by atoms with E-state index in [1.165, 1.54) is 5.56 Å². The van der Waals surface area contributed by atoms with Gasteiger partial charge in [0.25, 0.3) is 0 Å². The molecule has 2 aromatic rings. The number of rotatable bonds is 4. The van der Waals surface area contributed by atoms with E-state index in [9.17, 15) is 13.2 Å². The van der Waals surface area contributed by atoms with Crippen molar-refractivity contribution in [1.82, 2.24) is 19.8 Å². The van der Waals surface area contributed by atoms with Crippen LogP contribution in [0.2, 0.25) is 0 Å². The molecular weight excluding hydrogens is 345 g/mol. The third kappa shape index (κ3) is 4.61. The summed E-state index contributed by atoms with van der Waals surface area (Å²) in [6, 6.07) is 7.66. The first-order valence-electron chi connectivity index (χ1n) is 8.28. The molecule has 0 bridgehead atoms. The number of alkyl halides is 3. The van der Waals surface area contributed by atoms with Crippen molar-refractivity contribution in [3.8, 4) is 0 Å². The predicted octanol–water partition coefficient (Wildman–Crippen LogP) is 2.57. The Morgan fingerprint density at radius 1 is 1.12 bits per heavy atom. The van der Waals surface area contributed by atoms with Crippen LogP contribution in [0.15, 0.2) is 30.5 Å². The van der Waals surface area contributed by atoms with Crippen molar-refractivity contribution in [2.75, 3.05) is 44.3 Å². The van der Waals surface area contributed by atoms with Gasteiger partial charge in [-0.1, -0.05) is 12.1 Å². The van der Waals surface area contributed by atoms with Crippen molar-refractivity contribution in [1.29, 1.82) is 0 Å². The molecule has 140 valence electrons. The predicted molar refractivity (Wildman–Crippen MR) is 93.9 cm³/mol. The zero-order valence-corrected chi connectivity index (χ0v) is 14.4. The normalized spacial score (nSPS) is 16.6. The Balaban J connectivity index is 1.61. The highest BCUT2D eigenvalue weighted by molar-refractivity contribution is 5.56. The summed E-state index contributed by atoms with van der Waals surface area (Å²) in [4.78, 5) is 12.1. The van der Waals surface area contributed by atoms with Crippen LogP contribution in [-0.2, 0) is 12.7 Å². The van der Waals surface area contributed by atoms with Gasteiger partial charge in [0.1, 0.15) is 11.4 Å². The number of aromatic nitrogens is 2. The Labute approximate surface area is 149 Å². The number of nitrogen functional groups attached to an aromatic ring is 1. The highest BCUT2D eigenvalue weighted by atomic mass is 19.4. The van der Waals surface area contributed by atoms with Gasteiger partial charge >= 0.3 is 6.18 Å². The SMILES string of the molecule is CN1CCN(Cc2ccc(Nc3ncc(C(F)(F)F)c(N)n3)cc2)CC1. The summed E-state index contributed by atoms with van der Waals surface area (Å²) in [6.45, 7) is 5.07. The van der Waals surface area contributed by atoms with Crippen molar-refractivity contribution < 1.29 is 13.2 Å². The zero-order chi connectivity index (χ0) is 18.7. The molecule has 1 aliphatic rings. The molecule has 0 aliphatic carbocycles. The molecule has 0 unspecified atom stereocenters. The third-order valence-electron chi connectivity index (χ3n) is 4.34. The van der Waals surface area contributed by atoms with Crippen LogP contribution in [0.1, 0.15) is 11.1 Å². The minimum Gasteiger partial charge on any atom is -0.383 e. The maximum atomic E-state index is 12.7. The Morgan fingerprint density at radius 2 is 1.77 bits per heavy atom. The molecule has 1 fully saturated rings. The average Bonchev–Trinajstić information content (AvgIpc) is 2.58. The molecule has 9 heteroatoms. The van der Waals surface area contributed by atoms with Gasteiger partial charge in [-0.25, -0.2) is 4.98 Å². The van der Waals surface area contributed by atoms with Gasteiger partial charge in [0.2, 0.25) is 5.95 Å². The molecule has 0 spiro atoms. The van der Waals surface area contributed by atoms with Crippen LogP contribution in [-0.4, -0.2) is 53.0 Å². The number of nitrogens with one attached hydrogen (secondary N) is 1. The molecule has 0 saturated carbocycles. The molecule has 1 aliphatic heterocycles. The first-order valence-corrected chi connectivity index (χ1v) is 8.28. The van der Waals surface area contributed by atoms with Gasteiger partial charge in [-0.15, -0.1) is 0 Å². The number of nitrogens with two attached hydrogens (primary N) is 1. The molecule has 0 amide bonds. The van der Waals surface area contributed by atoms with Gasteiger partial charge in [-0.05, 0) is 24.7 Å². The van der Waals surface area contributed by atoms with Crippen molar-refractivity contribution >= 4 is 17.5 Å². The summed E-state index contributed by atoms with van der Waals surface area (Å²) < 4.78 is 38.0. The van der Waals surface area contributed by atoms with Crippen LogP contribution in [0.3, 0.4) is 0 Å². The Hall–Kier alpha value is -2.39. The summed E-state index contributed by atoms with van der Waals surface area (Å²) >= 11 is 0. The van der Waals surface area contributed by atoms with Gasteiger partial charge < -0.3 is 16.0 Å². The number of likely N-dealkylation sites (N-methyl/N-ethyl adjacent to an activating group) is 1. The number of benzene rings is 1. The lowest BCUT2D eigenvalue weighted by atomic mass is 10.2. The lowest BCUT2D eigenvalue weighted by molar-refractivity contribution is -0.137. The summed E-state index contributed by atoms with van der Waals surface area (Å²) in [5.41, 5.74) is 6.20. The van der Waals surface area contributed by atoms with Crippen LogP contribution in [0.25, 0.3) is 0 Å². The maximum Gasteiger partial charge on any atom is 0.421 e. The van der Waals surface area contributed by atoms with Crippen LogP contribution >= 0.6 is 0 Å². The van der Waals surface area contributed by atoms with Crippen molar-refractivity contribution in [3.63, 3.8) is 0 Å². The molecular formula is C17H21F3N6. The van der Waals surface area contributed by atoms with E-state index in [-0.39, 0.29) is 5.95 Å². The lowest BCUT2D eigenvalue weighted by Gasteiger charge is -2.32. The fourth-order valence-corrected chi connectivity index (χ4v) is 2.76. The number of hydrogen-bond acceptors (Lipinski definition) is 6. The van der Waals surface area contributed by atoms with Gasteiger partial charge in [0.15, 0.2) is 0 Å². The van der Waals surface area contributed by atoms with Gasteiger partial charge in [-0.2, -0.15) is 18.2 Å². The van der Waals surface area contributed by atoms with E-state index in [0.29, 0.717) is 11.9 Å². The summed E-state index contributed by atoms with van der Waals surface area (Å²) in [5, 5.41) is 2.87. The monoisotopic (exact) mass is 366 g/mol. The maximum absolute atomic E-state index is 12.7. The first kappa shape index (κ1) is 18.4. The molecule has 6 nitrogen and oxygen atoms in total. The second-order valence-electron chi connectivity index (χ2n) is 6.39. The minimum absolute atomic E-state index is 0.0299. The molecule has 3 N–H and O–H groups in total. The van der Waals surface area contributed by atoms with Crippen LogP contribution in [0.4, 0.5) is 30.6 Å². The Morgan fingerprint density at radius 3 is 2.35 bits per heavy atom. The van der Waals surface area contributed by atoms with E-state index in [4.69, 9.17) is 5.73 Å². The number of hydrogen-bond donors (Lipinski definition) is 2. The van der Waals surface area contributed by atoms with Crippen molar-refractivity contribution in [2.24, 2.45) is 0 Å². The highest BCUT2D eigenvalue weighted by Crippen LogP contribution is 2.32. The zero-order valence-electron chi connectivity index (χ0n) is 14.4. The summed E-state index contributed by atoms with van der Waals surface area (Å²) in [6.07, 6.45) is -3.88. The van der Waals surface area contributed by atoms with Gasteiger partial charge in [0.05, 0.1) is 0 Å². The first-order chi connectivity index (χ1) is 12.3. The van der Waals surface area contributed by atoms with E-state index < -0.39 is 17.6 Å². The van der Waals surface area contributed by atoms with E-state index in [0.717, 1.165) is 32.7 Å². The standard InChI is InChI=1S/C17H21F3N6/c1-25-6-8-26(9-7-25)11-12-2-4-13(5-3-12)23-16-22-10-14(15(21)24-16)17(18,19)20/h2-5,10H,6-9,11H2,1H3,(H3,21,22,23,24). The topological polar surface area (TPSA) is 70.3 Å². The van der Waals surface area contributed by atoms with E-state index in [1.807, 2.05) is 24.3 Å². The number of piperazine rings is 1. The second-order valence-corrected chi connectivity index (χ2v) is 6.39. The van der Waals surface area contributed by atoms with Crippen LogP contribution in [0.5, 0.6) is 0 Å². The molecule has 3 rings (SSSR count). The highest BCUT2D eigenvalue weighted by Gasteiger charge is 2.34. The number of nitrogens with zero attached hydrogens (tertiary/aromatic N) is 4. The fourth-order valence-electron chi connectivity index (χ4n) is 2.76. The Kier molecular flexibility index (Phi) is 5.28. The molecule has 1 aromatic heterocycles. The smallest absolute Gasteiger partial charge is 0.383 e. The summed E-state index contributed by atoms with van der Waals surface area (Å²) in [7, 11) is 2.12. The van der Waals surface area contributed by atoms with Crippen molar-refractivity contribution in [2.45, 2.75) is 12.7 Å². The van der Waals surface area contributed by atoms with E-state index in [1.54, 1.807) is 0 Å². The molecule has 26 heavy (non-hydrogen) atoms. The average molecular weight is 366 g/mol. The lowest BCUT2D eigenvalue weighted by Crippen LogP contribution is -2.43. The fraction of sp³-hybridized carbons (Fsp3) is 0.412. The Bertz CT molecular complexity index is 739.